The molecule has 0 radical (unpaired) electrons. The molecule has 5 nitrogen and oxygen atoms in total. The van der Waals surface area contributed by atoms with E-state index in [0.29, 0.717) is 12.1 Å². The van der Waals surface area contributed by atoms with E-state index in [1.807, 2.05) is 0 Å². The van der Waals surface area contributed by atoms with E-state index in [4.69, 9.17) is 10.7 Å². The Morgan fingerprint density at radius 1 is 1.41 bits per heavy atom. The van der Waals surface area contributed by atoms with Crippen LogP contribution in [0.4, 0.5) is 14.5 Å². The van der Waals surface area contributed by atoms with Gasteiger partial charge in [0, 0.05) is 22.3 Å². The lowest BCUT2D eigenvalue weighted by molar-refractivity contribution is -0.386. The Balaban J connectivity index is 3.67. The average Bonchev–Trinajstić information content (AvgIpc) is 2.15. The largest absolute Gasteiger partial charge is 0.284 e. The minimum absolute atomic E-state index is 0.299. The monoisotopic (exact) mass is 397 g/mol. The van der Waals surface area contributed by atoms with Gasteiger partial charge in [-0.2, -0.15) is 0 Å². The molecule has 0 N–H and O–H groups in total. The van der Waals surface area contributed by atoms with Crippen LogP contribution in [0.5, 0.6) is 0 Å². The molecule has 10 heteroatoms. The van der Waals surface area contributed by atoms with Crippen molar-refractivity contribution in [3.63, 3.8) is 0 Å². The van der Waals surface area contributed by atoms with E-state index in [2.05, 4.69) is 0 Å². The molecule has 0 aliphatic heterocycles. The van der Waals surface area contributed by atoms with Crippen molar-refractivity contribution in [2.75, 3.05) is 0 Å². The number of halogens is 4. The Kier molecular flexibility index (Phi) is 4.25. The molecule has 1 rings (SSSR count). The van der Waals surface area contributed by atoms with Crippen LogP contribution in [0, 0.1) is 13.7 Å². The first kappa shape index (κ1) is 14.5. The molecule has 0 aliphatic rings. The summed E-state index contributed by atoms with van der Waals surface area (Å²) in [6, 6.07) is 1.25. The van der Waals surface area contributed by atoms with Crippen LogP contribution in [-0.4, -0.2) is 13.3 Å². The van der Waals surface area contributed by atoms with Gasteiger partial charge in [0.25, 0.3) is 21.2 Å². The minimum Gasteiger partial charge on any atom is -0.258 e. The Labute approximate surface area is 112 Å². The highest BCUT2D eigenvalue weighted by Crippen LogP contribution is 2.34. The molecule has 0 saturated heterocycles. The van der Waals surface area contributed by atoms with Crippen molar-refractivity contribution < 1.29 is 22.1 Å². The highest BCUT2D eigenvalue weighted by atomic mass is 127. The lowest BCUT2D eigenvalue weighted by atomic mass is 10.2. The van der Waals surface area contributed by atoms with Gasteiger partial charge in [0.15, 0.2) is 0 Å². The van der Waals surface area contributed by atoms with Gasteiger partial charge in [-0.1, -0.05) is 0 Å². The van der Waals surface area contributed by atoms with Gasteiger partial charge in [0.05, 0.1) is 4.92 Å². The van der Waals surface area contributed by atoms with Crippen LogP contribution >= 0.6 is 33.3 Å². The number of hydrogen-bond donors (Lipinski definition) is 0. The molecule has 0 atom stereocenters. The average molecular weight is 398 g/mol. The quantitative estimate of drug-likeness (QED) is 0.340. The Morgan fingerprint density at radius 2 is 1.94 bits per heavy atom. The second-order valence-electron chi connectivity index (χ2n) is 2.85. The molecular weight excluding hydrogens is 394 g/mol. The van der Waals surface area contributed by atoms with Crippen molar-refractivity contribution in [2.45, 2.75) is 11.3 Å². The predicted octanol–water partition coefficient (Wildman–Crippen LogP) is 3.06. The highest BCUT2D eigenvalue weighted by molar-refractivity contribution is 14.1. The maximum atomic E-state index is 12.4. The summed E-state index contributed by atoms with van der Waals surface area (Å²) < 4.78 is 46.8. The standard InChI is InChI=1S/C7H3ClF2INO4S/c8-17(15,16)5-2-3(7(9)10)1-4(6(5)11)12(13)14/h1-2,7H. The fraction of sp³-hybridized carbons (Fsp3) is 0.143. The van der Waals surface area contributed by atoms with E-state index >= 15 is 0 Å². The molecule has 0 saturated carbocycles. The second kappa shape index (κ2) is 4.98. The van der Waals surface area contributed by atoms with Crippen molar-refractivity contribution in [2.24, 2.45) is 0 Å². The molecule has 0 aromatic heterocycles. The lowest BCUT2D eigenvalue weighted by Gasteiger charge is -2.05. The smallest absolute Gasteiger partial charge is 0.258 e. The van der Waals surface area contributed by atoms with Crippen molar-refractivity contribution in [1.29, 1.82) is 0 Å². The third-order valence-corrected chi connectivity index (χ3v) is 4.60. The molecule has 0 aliphatic carbocycles. The Bertz CT molecular complexity index is 577. The number of hydrogen-bond acceptors (Lipinski definition) is 4. The number of rotatable bonds is 3. The summed E-state index contributed by atoms with van der Waals surface area (Å²) in [7, 11) is 0.698. The minimum atomic E-state index is -4.32. The summed E-state index contributed by atoms with van der Waals surface area (Å²) in [5.41, 5.74) is -1.49. The van der Waals surface area contributed by atoms with Crippen molar-refractivity contribution in [1.82, 2.24) is 0 Å². The van der Waals surface area contributed by atoms with E-state index in [9.17, 15) is 27.3 Å². The first-order valence-electron chi connectivity index (χ1n) is 3.85. The zero-order chi connectivity index (χ0) is 13.4. The summed E-state index contributed by atoms with van der Waals surface area (Å²) >= 11 is 1.37. The van der Waals surface area contributed by atoms with Crippen LogP contribution in [-0.2, 0) is 9.05 Å². The van der Waals surface area contributed by atoms with Crippen LogP contribution in [0.1, 0.15) is 12.0 Å². The molecule has 0 fully saturated rings. The summed E-state index contributed by atoms with van der Waals surface area (Å²) in [5.74, 6) is 0. The number of nitrogens with zero attached hydrogens (tertiary/aromatic N) is 1. The number of benzene rings is 1. The van der Waals surface area contributed by atoms with E-state index < -0.39 is 36.5 Å². The van der Waals surface area contributed by atoms with Crippen LogP contribution in [0.3, 0.4) is 0 Å². The second-order valence-corrected chi connectivity index (χ2v) is 6.46. The Hall–Kier alpha value is -0.550. The van der Waals surface area contributed by atoms with Gasteiger partial charge in [0.2, 0.25) is 0 Å². The Morgan fingerprint density at radius 3 is 2.29 bits per heavy atom. The first-order valence-corrected chi connectivity index (χ1v) is 7.24. The van der Waals surface area contributed by atoms with Gasteiger partial charge in [-0.05, 0) is 28.7 Å². The molecule has 17 heavy (non-hydrogen) atoms. The molecule has 1 aromatic rings. The van der Waals surface area contributed by atoms with Crippen LogP contribution in [0.15, 0.2) is 17.0 Å². The fourth-order valence-corrected chi connectivity index (χ4v) is 3.77. The zero-order valence-electron chi connectivity index (χ0n) is 7.73. The molecule has 0 heterocycles. The molecule has 0 bridgehead atoms. The van der Waals surface area contributed by atoms with Crippen LogP contribution in [0.2, 0.25) is 0 Å². The van der Waals surface area contributed by atoms with Crippen molar-refractivity contribution >= 4 is 48.0 Å². The SMILES string of the molecule is O=[N+]([O-])c1cc(C(F)F)cc(S(=O)(=O)Cl)c1I. The highest BCUT2D eigenvalue weighted by Gasteiger charge is 2.26. The van der Waals surface area contributed by atoms with Gasteiger partial charge in [-0.25, -0.2) is 17.2 Å². The van der Waals surface area contributed by atoms with E-state index in [1.54, 1.807) is 0 Å². The normalized spacial score (nSPS) is 11.8. The lowest BCUT2D eigenvalue weighted by Crippen LogP contribution is -2.02. The van der Waals surface area contributed by atoms with Crippen LogP contribution < -0.4 is 0 Å². The summed E-state index contributed by atoms with van der Waals surface area (Å²) in [5, 5.41) is 10.6. The van der Waals surface area contributed by atoms with Gasteiger partial charge in [-0.15, -0.1) is 0 Å². The summed E-state index contributed by atoms with van der Waals surface area (Å²) in [6.07, 6.45) is -3.03. The van der Waals surface area contributed by atoms with E-state index in [0.717, 1.165) is 0 Å². The van der Waals surface area contributed by atoms with Gasteiger partial charge in [0.1, 0.15) is 8.47 Å². The number of nitro groups is 1. The summed E-state index contributed by atoms with van der Waals surface area (Å²) in [6.45, 7) is 0. The van der Waals surface area contributed by atoms with Gasteiger partial charge < -0.3 is 0 Å². The van der Waals surface area contributed by atoms with E-state index in [-0.39, 0.29) is 3.57 Å². The summed E-state index contributed by atoms with van der Waals surface area (Å²) in [4.78, 5) is 8.96. The fourth-order valence-electron chi connectivity index (χ4n) is 1.04. The maximum Gasteiger partial charge on any atom is 0.284 e. The molecule has 1 aromatic carbocycles. The molecule has 0 spiro atoms. The molecule has 0 unspecified atom stereocenters. The third-order valence-electron chi connectivity index (χ3n) is 1.75. The third kappa shape index (κ3) is 3.22. The van der Waals surface area contributed by atoms with Crippen molar-refractivity contribution in [3.05, 3.63) is 31.4 Å². The number of alkyl halides is 2. The molecule has 0 amide bonds. The van der Waals surface area contributed by atoms with Crippen molar-refractivity contribution in [3.8, 4) is 0 Å². The maximum absolute atomic E-state index is 12.4. The van der Waals surface area contributed by atoms with Gasteiger partial charge in [-0.3, -0.25) is 10.1 Å². The molecule has 94 valence electrons. The predicted molar refractivity (Wildman–Crippen MR) is 63.8 cm³/mol. The van der Waals surface area contributed by atoms with Gasteiger partial charge >= 0.3 is 0 Å². The first-order chi connectivity index (χ1) is 7.64. The number of nitro benzene ring substituents is 1. The zero-order valence-corrected chi connectivity index (χ0v) is 11.5. The molecular formula is C7H3ClF2INO4S. The topological polar surface area (TPSA) is 77.3 Å². The van der Waals surface area contributed by atoms with Crippen LogP contribution in [0.25, 0.3) is 0 Å². The van der Waals surface area contributed by atoms with E-state index in [1.165, 1.54) is 22.6 Å².